The van der Waals surface area contributed by atoms with E-state index in [1.165, 1.54) is 18.2 Å². The highest BCUT2D eigenvalue weighted by atomic mass is 16.2. The van der Waals surface area contributed by atoms with Crippen molar-refractivity contribution < 1.29 is 14.4 Å². The van der Waals surface area contributed by atoms with Gasteiger partial charge in [-0.1, -0.05) is 73.0 Å². The van der Waals surface area contributed by atoms with E-state index in [1.807, 2.05) is 55.5 Å². The van der Waals surface area contributed by atoms with Gasteiger partial charge in [0.25, 0.3) is 0 Å². The van der Waals surface area contributed by atoms with Crippen LogP contribution in [0.5, 0.6) is 0 Å². The number of ketones is 1. The van der Waals surface area contributed by atoms with Gasteiger partial charge in [-0.25, -0.2) is 4.68 Å². The molecule has 0 aliphatic heterocycles. The van der Waals surface area contributed by atoms with E-state index in [0.717, 1.165) is 42.3 Å². The number of aromatic nitrogens is 3. The van der Waals surface area contributed by atoms with Crippen molar-refractivity contribution in [1.82, 2.24) is 20.3 Å². The molecule has 3 aromatic carbocycles. The Morgan fingerprint density at radius 2 is 1.72 bits per heavy atom. The fraction of sp³-hybridized carbons (Fsp3) is 0.323. The molecule has 1 atom stereocenters. The summed E-state index contributed by atoms with van der Waals surface area (Å²) in [5.41, 5.74) is 3.98. The van der Waals surface area contributed by atoms with Gasteiger partial charge in [-0.2, -0.15) is 0 Å². The summed E-state index contributed by atoms with van der Waals surface area (Å²) >= 11 is 0. The molecule has 1 aliphatic rings. The number of hydrogen-bond donors (Lipinski definition) is 1. The van der Waals surface area contributed by atoms with Crippen LogP contribution in [-0.4, -0.2) is 38.6 Å². The Balaban J connectivity index is 1.60. The number of carbonyl (C=O) groups is 3. The summed E-state index contributed by atoms with van der Waals surface area (Å²) in [4.78, 5) is 42.1. The first-order valence-electron chi connectivity index (χ1n) is 13.5. The topological polar surface area (TPSA) is 97.2 Å². The smallest absolute Gasteiger partial charge is 0.249 e. The van der Waals surface area contributed by atoms with Gasteiger partial charge in [0.2, 0.25) is 11.8 Å². The Morgan fingerprint density at radius 1 is 0.974 bits per heavy atom. The summed E-state index contributed by atoms with van der Waals surface area (Å²) in [5, 5.41) is 11.6. The van der Waals surface area contributed by atoms with Gasteiger partial charge in [-0.3, -0.25) is 19.3 Å². The van der Waals surface area contributed by atoms with Crippen LogP contribution in [0, 0.1) is 6.92 Å². The molecule has 8 heteroatoms. The number of fused-ring (bicyclic) bond motifs is 1. The van der Waals surface area contributed by atoms with E-state index < -0.39 is 6.04 Å². The van der Waals surface area contributed by atoms with E-state index in [-0.39, 0.29) is 30.2 Å². The molecule has 1 aromatic heterocycles. The minimum Gasteiger partial charge on any atom is -0.351 e. The van der Waals surface area contributed by atoms with Crippen molar-refractivity contribution >= 4 is 34.3 Å². The highest BCUT2D eigenvalue weighted by Crippen LogP contribution is 2.32. The predicted octanol–water partition coefficient (Wildman–Crippen LogP) is 5.17. The number of amides is 2. The molecule has 5 rings (SSSR count). The average molecular weight is 524 g/mol. The number of Topliss-reactive ketones (excluding diaryl/α,β-unsaturated/α-hetero) is 1. The molecule has 2 amide bonds. The molecule has 4 aromatic rings. The molecule has 8 nitrogen and oxygen atoms in total. The van der Waals surface area contributed by atoms with Crippen LogP contribution >= 0.6 is 0 Å². The van der Waals surface area contributed by atoms with Crippen molar-refractivity contribution in [3.05, 3.63) is 89.5 Å². The van der Waals surface area contributed by atoms with Crippen LogP contribution in [0.15, 0.2) is 72.8 Å². The number of hydrogen-bond acceptors (Lipinski definition) is 5. The van der Waals surface area contributed by atoms with Gasteiger partial charge in [-0.15, -0.1) is 5.10 Å². The molecule has 1 heterocycles. The highest BCUT2D eigenvalue weighted by Gasteiger charge is 2.35. The second-order valence-electron chi connectivity index (χ2n) is 10.2. The van der Waals surface area contributed by atoms with E-state index in [9.17, 15) is 14.4 Å². The molecule has 1 fully saturated rings. The third-order valence-corrected chi connectivity index (χ3v) is 7.45. The van der Waals surface area contributed by atoms with E-state index in [0.29, 0.717) is 16.8 Å². The maximum atomic E-state index is 14.2. The predicted molar refractivity (Wildman–Crippen MR) is 150 cm³/mol. The Morgan fingerprint density at radius 3 is 2.49 bits per heavy atom. The molecule has 0 spiro atoms. The lowest BCUT2D eigenvalue weighted by atomic mass is 9.93. The molecule has 0 radical (unpaired) electrons. The van der Waals surface area contributed by atoms with Crippen molar-refractivity contribution in [2.24, 2.45) is 0 Å². The molecule has 0 bridgehead atoms. The third-order valence-electron chi connectivity index (χ3n) is 7.45. The maximum Gasteiger partial charge on any atom is 0.249 e. The first kappa shape index (κ1) is 26.3. The number of rotatable bonds is 8. The normalized spacial score (nSPS) is 14.6. The summed E-state index contributed by atoms with van der Waals surface area (Å²) in [6.45, 7) is 3.31. The number of para-hydroxylation sites is 1. The second kappa shape index (κ2) is 11.6. The monoisotopic (exact) mass is 523 g/mol. The lowest BCUT2D eigenvalue weighted by Gasteiger charge is -2.34. The van der Waals surface area contributed by atoms with E-state index in [2.05, 4.69) is 15.6 Å². The van der Waals surface area contributed by atoms with Gasteiger partial charge in [-0.05, 0) is 62.1 Å². The molecule has 1 aliphatic carbocycles. The Labute approximate surface area is 228 Å². The van der Waals surface area contributed by atoms with Crippen LogP contribution < -0.4 is 10.2 Å². The first-order valence-corrected chi connectivity index (χ1v) is 13.5. The summed E-state index contributed by atoms with van der Waals surface area (Å²) < 4.78 is 1.55. The summed E-state index contributed by atoms with van der Waals surface area (Å²) in [6, 6.07) is 21.1. The molecule has 1 unspecified atom stereocenters. The molecular formula is C31H33N5O3. The number of nitrogens with zero attached hydrogens (tertiary/aromatic N) is 4. The van der Waals surface area contributed by atoms with Gasteiger partial charge < -0.3 is 5.32 Å². The van der Waals surface area contributed by atoms with Crippen molar-refractivity contribution in [3.8, 4) is 0 Å². The molecule has 0 saturated heterocycles. The lowest BCUT2D eigenvalue weighted by Crippen LogP contribution is -2.48. The molecule has 200 valence electrons. The van der Waals surface area contributed by atoms with Crippen molar-refractivity contribution in [1.29, 1.82) is 0 Å². The molecule has 1 N–H and O–H groups in total. The van der Waals surface area contributed by atoms with Gasteiger partial charge >= 0.3 is 0 Å². The standard InChI is InChI=1S/C31H33N5O3/c1-21-11-6-7-16-26(21)30(31(39)32-24-13-4-3-5-14-24)36(25-15-10-12-23(19-25)22(2)37)29(38)20-35-28-18-9-8-17-27(28)33-34-35/h6-12,15-19,24,30H,3-5,13-14,20H2,1-2H3,(H,32,39). The number of anilines is 1. The zero-order valence-electron chi connectivity index (χ0n) is 22.3. The Bertz CT molecular complexity index is 1500. The highest BCUT2D eigenvalue weighted by molar-refractivity contribution is 6.03. The van der Waals surface area contributed by atoms with Gasteiger partial charge in [0.1, 0.15) is 18.1 Å². The average Bonchev–Trinajstić information content (AvgIpc) is 3.35. The number of benzene rings is 3. The maximum absolute atomic E-state index is 14.2. The van der Waals surface area contributed by atoms with Crippen molar-refractivity contribution in [2.75, 3.05) is 4.90 Å². The zero-order chi connectivity index (χ0) is 27.4. The van der Waals surface area contributed by atoms with Crippen LogP contribution in [0.4, 0.5) is 5.69 Å². The van der Waals surface area contributed by atoms with E-state index in [1.54, 1.807) is 28.9 Å². The second-order valence-corrected chi connectivity index (χ2v) is 10.2. The molecule has 39 heavy (non-hydrogen) atoms. The number of carbonyl (C=O) groups excluding carboxylic acids is 3. The fourth-order valence-electron chi connectivity index (χ4n) is 5.37. The summed E-state index contributed by atoms with van der Waals surface area (Å²) in [5.74, 6) is -0.690. The summed E-state index contributed by atoms with van der Waals surface area (Å²) in [7, 11) is 0. The first-order chi connectivity index (χ1) is 18.9. The van der Waals surface area contributed by atoms with Crippen LogP contribution in [0.25, 0.3) is 11.0 Å². The zero-order valence-corrected chi connectivity index (χ0v) is 22.3. The quantitative estimate of drug-likeness (QED) is 0.322. The van der Waals surface area contributed by atoms with Gasteiger partial charge in [0, 0.05) is 17.3 Å². The minimum absolute atomic E-state index is 0.0672. The largest absolute Gasteiger partial charge is 0.351 e. The van der Waals surface area contributed by atoms with Crippen LogP contribution in [-0.2, 0) is 16.1 Å². The fourth-order valence-corrected chi connectivity index (χ4v) is 5.37. The Hall–Kier alpha value is -4.33. The van der Waals surface area contributed by atoms with E-state index >= 15 is 0 Å². The van der Waals surface area contributed by atoms with Gasteiger partial charge in [0.15, 0.2) is 5.78 Å². The third kappa shape index (κ3) is 5.74. The Kier molecular flexibility index (Phi) is 7.81. The number of aryl methyl sites for hydroxylation is 1. The lowest BCUT2D eigenvalue weighted by molar-refractivity contribution is -0.127. The van der Waals surface area contributed by atoms with Crippen LogP contribution in [0.3, 0.4) is 0 Å². The molecular weight excluding hydrogens is 490 g/mol. The van der Waals surface area contributed by atoms with Gasteiger partial charge in [0.05, 0.1) is 5.52 Å². The molecule has 1 saturated carbocycles. The minimum atomic E-state index is -0.933. The number of nitrogens with one attached hydrogen (secondary N) is 1. The van der Waals surface area contributed by atoms with Crippen molar-refractivity contribution in [2.45, 2.75) is 64.6 Å². The van der Waals surface area contributed by atoms with Crippen LogP contribution in [0.1, 0.15) is 66.6 Å². The van der Waals surface area contributed by atoms with Crippen molar-refractivity contribution in [3.63, 3.8) is 0 Å². The SMILES string of the molecule is CC(=O)c1cccc(N(C(=O)Cn2nnc3ccccc32)C(C(=O)NC2CCCCC2)c2ccccc2C)c1. The summed E-state index contributed by atoms with van der Waals surface area (Å²) in [6.07, 6.45) is 5.16. The van der Waals surface area contributed by atoms with Crippen LogP contribution in [0.2, 0.25) is 0 Å². The van der Waals surface area contributed by atoms with E-state index in [4.69, 9.17) is 0 Å².